The fourth-order valence-electron chi connectivity index (χ4n) is 0.914. The Bertz CT molecular complexity index is 363. The van der Waals surface area contributed by atoms with Gasteiger partial charge in [0.05, 0.1) is 0 Å². The number of hydrogen-bond acceptors (Lipinski definition) is 5. The normalized spacial score (nSPS) is 9.64. The fourth-order valence-corrected chi connectivity index (χ4v) is 0.914. The summed E-state index contributed by atoms with van der Waals surface area (Å²) in [4.78, 5) is 21.4. The molecule has 0 aliphatic carbocycles. The Balaban J connectivity index is 2.93. The lowest BCUT2D eigenvalue weighted by Gasteiger charge is -2.02. The molecule has 0 saturated carbocycles. The van der Waals surface area contributed by atoms with Crippen LogP contribution in [0.1, 0.15) is 19.6 Å². The van der Waals surface area contributed by atoms with Crippen molar-refractivity contribution < 1.29 is 23.5 Å². The first-order valence-electron chi connectivity index (χ1n) is 3.95. The Morgan fingerprint density at radius 3 is 2.29 bits per heavy atom. The van der Waals surface area contributed by atoms with Gasteiger partial charge in [0.25, 0.3) is 0 Å². The maximum absolute atomic E-state index is 10.7. The molecule has 0 aromatic carbocycles. The van der Waals surface area contributed by atoms with Crippen LogP contribution in [0.2, 0.25) is 0 Å². The standard InChI is InChI=1S/C9H10O5/c1-5-9(14-7(3)11)8(4-12-5)13-6(2)10/h4H,1-3H3. The minimum atomic E-state index is -0.501. The van der Waals surface area contributed by atoms with E-state index in [-0.39, 0.29) is 11.5 Å². The number of ether oxygens (including phenoxy) is 2. The summed E-state index contributed by atoms with van der Waals surface area (Å²) in [5.74, 6) is -0.351. The molecule has 76 valence electrons. The zero-order valence-electron chi connectivity index (χ0n) is 8.12. The Labute approximate surface area is 80.6 Å². The van der Waals surface area contributed by atoms with Gasteiger partial charge in [0.2, 0.25) is 11.5 Å². The monoisotopic (exact) mass is 198 g/mol. The number of furan rings is 1. The summed E-state index contributed by atoms with van der Waals surface area (Å²) in [7, 11) is 0. The second-order valence-electron chi connectivity index (χ2n) is 2.67. The van der Waals surface area contributed by atoms with E-state index in [4.69, 9.17) is 13.9 Å². The first kappa shape index (κ1) is 10.3. The van der Waals surface area contributed by atoms with Gasteiger partial charge in [-0.15, -0.1) is 0 Å². The molecular formula is C9H10O5. The topological polar surface area (TPSA) is 65.7 Å². The molecule has 0 radical (unpaired) electrons. The van der Waals surface area contributed by atoms with Crippen LogP contribution in [-0.2, 0) is 9.59 Å². The molecule has 0 saturated heterocycles. The number of hydrogen-bond donors (Lipinski definition) is 0. The molecule has 0 bridgehead atoms. The molecule has 0 amide bonds. The van der Waals surface area contributed by atoms with Gasteiger partial charge in [-0.2, -0.15) is 0 Å². The van der Waals surface area contributed by atoms with Crippen LogP contribution in [-0.4, -0.2) is 11.9 Å². The maximum atomic E-state index is 10.7. The minimum absolute atomic E-state index is 0.116. The van der Waals surface area contributed by atoms with Crippen LogP contribution in [0.4, 0.5) is 0 Å². The van der Waals surface area contributed by atoms with Gasteiger partial charge in [-0.25, -0.2) is 0 Å². The predicted molar refractivity (Wildman–Crippen MR) is 46.1 cm³/mol. The van der Waals surface area contributed by atoms with E-state index in [1.165, 1.54) is 20.1 Å². The van der Waals surface area contributed by atoms with Gasteiger partial charge in [0.15, 0.2) is 0 Å². The number of aryl methyl sites for hydroxylation is 1. The van der Waals surface area contributed by atoms with Gasteiger partial charge in [-0.3, -0.25) is 9.59 Å². The van der Waals surface area contributed by atoms with Crippen LogP contribution in [0, 0.1) is 6.92 Å². The molecule has 5 nitrogen and oxygen atoms in total. The highest BCUT2D eigenvalue weighted by Gasteiger charge is 2.16. The summed E-state index contributed by atoms with van der Waals surface area (Å²) >= 11 is 0. The summed E-state index contributed by atoms with van der Waals surface area (Å²) in [6.45, 7) is 4.11. The van der Waals surface area contributed by atoms with Crippen molar-refractivity contribution in [1.82, 2.24) is 0 Å². The summed E-state index contributed by atoms with van der Waals surface area (Å²) in [6.07, 6.45) is 1.22. The Kier molecular flexibility index (Phi) is 2.91. The molecule has 5 heteroatoms. The molecule has 0 atom stereocenters. The van der Waals surface area contributed by atoms with E-state index >= 15 is 0 Å². The molecule has 1 rings (SSSR count). The average Bonchev–Trinajstić information content (AvgIpc) is 2.34. The lowest BCUT2D eigenvalue weighted by Crippen LogP contribution is -2.06. The summed E-state index contributed by atoms with van der Waals surface area (Å²) in [6, 6.07) is 0. The SMILES string of the molecule is CC(=O)Oc1coc(C)c1OC(C)=O. The second kappa shape index (κ2) is 3.95. The van der Waals surface area contributed by atoms with Crippen molar-refractivity contribution in [3.05, 3.63) is 12.0 Å². The van der Waals surface area contributed by atoms with Crippen molar-refractivity contribution in [3.8, 4) is 11.5 Å². The van der Waals surface area contributed by atoms with Gasteiger partial charge in [-0.05, 0) is 6.92 Å². The molecule has 0 unspecified atom stereocenters. The third kappa shape index (κ3) is 2.35. The van der Waals surface area contributed by atoms with Crippen molar-refractivity contribution in [3.63, 3.8) is 0 Å². The largest absolute Gasteiger partial charge is 0.462 e. The summed E-state index contributed by atoms with van der Waals surface area (Å²) in [5.41, 5.74) is 0. The molecule has 0 fully saturated rings. The van der Waals surface area contributed by atoms with Crippen LogP contribution in [0.15, 0.2) is 10.7 Å². The number of carbonyl (C=O) groups is 2. The van der Waals surface area contributed by atoms with Crippen molar-refractivity contribution in [2.45, 2.75) is 20.8 Å². The first-order chi connectivity index (χ1) is 6.50. The van der Waals surface area contributed by atoms with Gasteiger partial charge in [-0.1, -0.05) is 0 Å². The minimum Gasteiger partial charge on any atom is -0.462 e. The third-order valence-electron chi connectivity index (χ3n) is 1.39. The van der Waals surface area contributed by atoms with E-state index in [0.717, 1.165) is 0 Å². The molecule has 1 heterocycles. The predicted octanol–water partition coefficient (Wildman–Crippen LogP) is 1.44. The quantitative estimate of drug-likeness (QED) is 0.672. The zero-order valence-corrected chi connectivity index (χ0v) is 8.12. The Hall–Kier alpha value is -1.78. The van der Waals surface area contributed by atoms with E-state index in [9.17, 15) is 9.59 Å². The highest BCUT2D eigenvalue weighted by molar-refractivity contribution is 5.73. The van der Waals surface area contributed by atoms with E-state index in [2.05, 4.69) is 0 Å². The summed E-state index contributed by atoms with van der Waals surface area (Å²) < 4.78 is 14.5. The van der Waals surface area contributed by atoms with E-state index in [0.29, 0.717) is 5.76 Å². The van der Waals surface area contributed by atoms with E-state index < -0.39 is 11.9 Å². The molecule has 1 aromatic heterocycles. The van der Waals surface area contributed by atoms with Crippen LogP contribution < -0.4 is 9.47 Å². The number of esters is 2. The number of carbonyl (C=O) groups excluding carboxylic acids is 2. The highest BCUT2D eigenvalue weighted by Crippen LogP contribution is 2.33. The second-order valence-corrected chi connectivity index (χ2v) is 2.67. The van der Waals surface area contributed by atoms with Gasteiger partial charge in [0.1, 0.15) is 12.0 Å². The highest BCUT2D eigenvalue weighted by atomic mass is 16.6. The lowest BCUT2D eigenvalue weighted by atomic mass is 10.4. The summed E-state index contributed by atoms with van der Waals surface area (Å²) in [5, 5.41) is 0. The van der Waals surface area contributed by atoms with Crippen molar-refractivity contribution in [2.24, 2.45) is 0 Å². The van der Waals surface area contributed by atoms with Gasteiger partial charge >= 0.3 is 11.9 Å². The molecule has 0 N–H and O–H groups in total. The van der Waals surface area contributed by atoms with E-state index in [1.807, 2.05) is 0 Å². The number of rotatable bonds is 2. The Morgan fingerprint density at radius 2 is 1.79 bits per heavy atom. The molecule has 14 heavy (non-hydrogen) atoms. The fraction of sp³-hybridized carbons (Fsp3) is 0.333. The average molecular weight is 198 g/mol. The smallest absolute Gasteiger partial charge is 0.308 e. The molecule has 0 spiro atoms. The van der Waals surface area contributed by atoms with Gasteiger partial charge < -0.3 is 13.9 Å². The molecular weight excluding hydrogens is 188 g/mol. The maximum Gasteiger partial charge on any atom is 0.308 e. The van der Waals surface area contributed by atoms with Gasteiger partial charge in [0, 0.05) is 13.8 Å². The third-order valence-corrected chi connectivity index (χ3v) is 1.39. The molecule has 0 aliphatic rings. The van der Waals surface area contributed by atoms with Crippen LogP contribution in [0.3, 0.4) is 0 Å². The lowest BCUT2D eigenvalue weighted by molar-refractivity contribution is -0.134. The molecule has 0 aliphatic heterocycles. The Morgan fingerprint density at radius 1 is 1.21 bits per heavy atom. The van der Waals surface area contributed by atoms with Crippen LogP contribution in [0.5, 0.6) is 11.5 Å². The first-order valence-corrected chi connectivity index (χ1v) is 3.95. The van der Waals surface area contributed by atoms with Crippen LogP contribution in [0.25, 0.3) is 0 Å². The van der Waals surface area contributed by atoms with Crippen LogP contribution >= 0.6 is 0 Å². The van der Waals surface area contributed by atoms with E-state index in [1.54, 1.807) is 6.92 Å². The van der Waals surface area contributed by atoms with Crippen molar-refractivity contribution in [2.75, 3.05) is 0 Å². The molecule has 1 aromatic rings. The van der Waals surface area contributed by atoms with Crippen molar-refractivity contribution in [1.29, 1.82) is 0 Å². The van der Waals surface area contributed by atoms with Crippen molar-refractivity contribution >= 4 is 11.9 Å². The zero-order chi connectivity index (χ0) is 10.7.